The van der Waals surface area contributed by atoms with Gasteiger partial charge in [-0.1, -0.05) is 30.3 Å². The summed E-state index contributed by atoms with van der Waals surface area (Å²) in [5.74, 6) is -0.440. The van der Waals surface area contributed by atoms with Gasteiger partial charge in [-0.05, 0) is 41.5 Å². The van der Waals surface area contributed by atoms with Crippen LogP contribution in [0.15, 0.2) is 77.9 Å². The lowest BCUT2D eigenvalue weighted by molar-refractivity contribution is -0.384. The molecule has 0 atom stereocenters. The van der Waals surface area contributed by atoms with E-state index in [1.54, 1.807) is 24.3 Å². The van der Waals surface area contributed by atoms with E-state index in [9.17, 15) is 20.0 Å². The van der Waals surface area contributed by atoms with Crippen molar-refractivity contribution in [2.24, 2.45) is 5.10 Å². The first-order chi connectivity index (χ1) is 14.0. The summed E-state index contributed by atoms with van der Waals surface area (Å²) in [4.78, 5) is 22.2. The lowest BCUT2D eigenvalue weighted by Crippen LogP contribution is -2.18. The topological polar surface area (TPSA) is 114 Å². The summed E-state index contributed by atoms with van der Waals surface area (Å²) in [7, 11) is 0. The maximum atomic E-state index is 12.1. The molecule has 3 aromatic rings. The van der Waals surface area contributed by atoms with Gasteiger partial charge in [-0.3, -0.25) is 14.9 Å². The molecule has 0 aliphatic heterocycles. The summed E-state index contributed by atoms with van der Waals surface area (Å²) in [5, 5.41) is 24.3. The van der Waals surface area contributed by atoms with Gasteiger partial charge in [-0.2, -0.15) is 5.10 Å². The first-order valence-corrected chi connectivity index (χ1v) is 8.60. The van der Waals surface area contributed by atoms with E-state index in [1.807, 2.05) is 30.3 Å². The van der Waals surface area contributed by atoms with Gasteiger partial charge in [0, 0.05) is 12.1 Å². The number of carbonyl (C=O) groups excluding carboxylic acids is 1. The number of phenolic OH excluding ortho intramolecular Hbond substituents is 1. The van der Waals surface area contributed by atoms with Gasteiger partial charge in [0.1, 0.15) is 18.1 Å². The van der Waals surface area contributed by atoms with Gasteiger partial charge in [0.2, 0.25) is 0 Å². The molecule has 0 saturated heterocycles. The van der Waals surface area contributed by atoms with Crippen LogP contribution >= 0.6 is 0 Å². The summed E-state index contributed by atoms with van der Waals surface area (Å²) in [6.07, 6.45) is 1.41. The average Bonchev–Trinajstić information content (AvgIpc) is 2.74. The zero-order valence-electron chi connectivity index (χ0n) is 15.2. The monoisotopic (exact) mass is 391 g/mol. The molecule has 0 unspecified atom stereocenters. The molecule has 3 rings (SSSR count). The number of nitro groups is 1. The Labute approximate surface area is 166 Å². The molecule has 8 heteroatoms. The van der Waals surface area contributed by atoms with Crippen LogP contribution in [0.3, 0.4) is 0 Å². The molecule has 0 aliphatic rings. The number of rotatable bonds is 7. The van der Waals surface area contributed by atoms with E-state index >= 15 is 0 Å². The second kappa shape index (κ2) is 9.14. The Morgan fingerprint density at radius 1 is 1.10 bits per heavy atom. The Bertz CT molecular complexity index is 1030. The minimum atomic E-state index is -0.759. The third kappa shape index (κ3) is 5.39. The number of hydrogen-bond donors (Lipinski definition) is 2. The van der Waals surface area contributed by atoms with Crippen molar-refractivity contribution in [3.8, 4) is 11.5 Å². The van der Waals surface area contributed by atoms with E-state index in [4.69, 9.17) is 4.74 Å². The second-order valence-corrected chi connectivity index (χ2v) is 6.00. The van der Waals surface area contributed by atoms with E-state index < -0.39 is 10.8 Å². The maximum absolute atomic E-state index is 12.1. The smallest absolute Gasteiger partial charge is 0.275 e. The fourth-order valence-electron chi connectivity index (χ4n) is 2.44. The van der Waals surface area contributed by atoms with Gasteiger partial charge in [0.05, 0.1) is 16.7 Å². The predicted octanol–water partition coefficient (Wildman–Crippen LogP) is 3.64. The summed E-state index contributed by atoms with van der Waals surface area (Å²) in [5.41, 5.74) is 3.46. The Morgan fingerprint density at radius 2 is 1.83 bits per heavy atom. The van der Waals surface area contributed by atoms with Gasteiger partial charge in [-0.25, -0.2) is 5.43 Å². The van der Waals surface area contributed by atoms with Crippen LogP contribution in [-0.2, 0) is 6.61 Å². The van der Waals surface area contributed by atoms with E-state index in [-0.39, 0.29) is 17.0 Å². The SMILES string of the molecule is O=C(N/N=C\c1ccc(OCc2ccccc2)cc1)c1cc([N+](=O)[O-])ccc1O. The van der Waals surface area contributed by atoms with Crippen molar-refractivity contribution >= 4 is 17.8 Å². The fraction of sp³-hybridized carbons (Fsp3) is 0.0476. The highest BCUT2D eigenvalue weighted by Gasteiger charge is 2.15. The summed E-state index contributed by atoms with van der Waals surface area (Å²) < 4.78 is 5.69. The Hall–Kier alpha value is -4.20. The first-order valence-electron chi connectivity index (χ1n) is 8.60. The van der Waals surface area contributed by atoms with Crippen molar-refractivity contribution in [3.63, 3.8) is 0 Å². The highest BCUT2D eigenvalue weighted by Crippen LogP contribution is 2.22. The van der Waals surface area contributed by atoms with Crippen molar-refractivity contribution < 1.29 is 19.6 Å². The van der Waals surface area contributed by atoms with Crippen LogP contribution < -0.4 is 10.2 Å². The number of ether oxygens (including phenoxy) is 1. The first kappa shape index (κ1) is 19.6. The van der Waals surface area contributed by atoms with E-state index in [0.717, 1.165) is 23.8 Å². The number of carbonyl (C=O) groups is 1. The molecule has 146 valence electrons. The van der Waals surface area contributed by atoms with E-state index in [1.165, 1.54) is 6.21 Å². The molecule has 3 aromatic carbocycles. The van der Waals surface area contributed by atoms with Crippen molar-refractivity contribution in [1.82, 2.24) is 5.43 Å². The number of nitrogens with one attached hydrogen (secondary N) is 1. The lowest BCUT2D eigenvalue weighted by atomic mass is 10.1. The summed E-state index contributed by atoms with van der Waals surface area (Å²) in [6, 6.07) is 20.0. The minimum absolute atomic E-state index is 0.235. The molecule has 0 heterocycles. The molecule has 2 N–H and O–H groups in total. The van der Waals surface area contributed by atoms with Crippen molar-refractivity contribution in [1.29, 1.82) is 0 Å². The van der Waals surface area contributed by atoms with Gasteiger partial charge in [-0.15, -0.1) is 0 Å². The Balaban J connectivity index is 1.57. The highest BCUT2D eigenvalue weighted by atomic mass is 16.6. The van der Waals surface area contributed by atoms with Crippen LogP contribution in [0.1, 0.15) is 21.5 Å². The quantitative estimate of drug-likeness (QED) is 0.363. The normalized spacial score (nSPS) is 10.6. The van der Waals surface area contributed by atoms with E-state index in [2.05, 4.69) is 10.5 Å². The van der Waals surface area contributed by atoms with Crippen molar-refractivity contribution in [2.45, 2.75) is 6.61 Å². The van der Waals surface area contributed by atoms with Gasteiger partial charge >= 0.3 is 0 Å². The number of phenols is 1. The number of nitrogens with zero attached hydrogens (tertiary/aromatic N) is 2. The zero-order chi connectivity index (χ0) is 20.6. The number of non-ortho nitro benzene ring substituents is 1. The van der Waals surface area contributed by atoms with Crippen molar-refractivity contribution in [2.75, 3.05) is 0 Å². The number of nitro benzene ring substituents is 1. The van der Waals surface area contributed by atoms with Crippen LogP contribution in [0.4, 0.5) is 5.69 Å². The third-order valence-electron chi connectivity index (χ3n) is 3.94. The third-order valence-corrected chi connectivity index (χ3v) is 3.94. The lowest BCUT2D eigenvalue weighted by Gasteiger charge is -2.06. The number of hydrogen-bond acceptors (Lipinski definition) is 6. The zero-order valence-corrected chi connectivity index (χ0v) is 15.2. The molecule has 0 bridgehead atoms. The Kier molecular flexibility index (Phi) is 6.16. The fourth-order valence-corrected chi connectivity index (χ4v) is 2.44. The van der Waals surface area contributed by atoms with E-state index in [0.29, 0.717) is 17.9 Å². The maximum Gasteiger partial charge on any atom is 0.275 e. The molecule has 29 heavy (non-hydrogen) atoms. The second-order valence-electron chi connectivity index (χ2n) is 6.00. The molecule has 0 spiro atoms. The number of aromatic hydroxyl groups is 1. The molecular formula is C21H17N3O5. The molecule has 0 radical (unpaired) electrons. The number of amides is 1. The van der Waals surface area contributed by atoms with Gasteiger partial charge < -0.3 is 9.84 Å². The molecule has 0 aliphatic carbocycles. The van der Waals surface area contributed by atoms with Gasteiger partial charge in [0.15, 0.2) is 0 Å². The van der Waals surface area contributed by atoms with Crippen LogP contribution in [0.25, 0.3) is 0 Å². The minimum Gasteiger partial charge on any atom is -0.507 e. The summed E-state index contributed by atoms with van der Waals surface area (Å²) >= 11 is 0. The standard InChI is InChI=1S/C21H17N3O5/c25-20-11-8-17(24(27)28)12-19(20)21(26)23-22-13-15-6-9-18(10-7-15)29-14-16-4-2-1-3-5-16/h1-13,25H,14H2,(H,23,26)/b22-13-. The Morgan fingerprint density at radius 3 is 2.52 bits per heavy atom. The average molecular weight is 391 g/mol. The number of benzene rings is 3. The molecule has 0 saturated carbocycles. The molecular weight excluding hydrogens is 374 g/mol. The molecule has 8 nitrogen and oxygen atoms in total. The van der Waals surface area contributed by atoms with Crippen LogP contribution in [0.2, 0.25) is 0 Å². The van der Waals surface area contributed by atoms with Crippen LogP contribution in [0.5, 0.6) is 11.5 Å². The van der Waals surface area contributed by atoms with Gasteiger partial charge in [0.25, 0.3) is 11.6 Å². The van der Waals surface area contributed by atoms with Crippen LogP contribution in [-0.4, -0.2) is 22.2 Å². The van der Waals surface area contributed by atoms with Crippen molar-refractivity contribution in [3.05, 3.63) is 99.6 Å². The molecule has 1 amide bonds. The predicted molar refractivity (Wildman–Crippen MR) is 107 cm³/mol. The van der Waals surface area contributed by atoms with Crippen LogP contribution in [0, 0.1) is 10.1 Å². The number of hydrazone groups is 1. The molecule has 0 fully saturated rings. The molecule has 0 aromatic heterocycles. The summed E-state index contributed by atoms with van der Waals surface area (Å²) in [6.45, 7) is 0.455. The highest BCUT2D eigenvalue weighted by molar-refractivity contribution is 5.97. The largest absolute Gasteiger partial charge is 0.507 e.